The Hall–Kier alpha value is -0.390. The van der Waals surface area contributed by atoms with E-state index in [0.717, 1.165) is 15.9 Å². The lowest BCUT2D eigenvalue weighted by Gasteiger charge is -2.42. The van der Waals surface area contributed by atoms with Crippen LogP contribution in [-0.2, 0) is 18.2 Å². The minimum absolute atomic E-state index is 0.207. The van der Waals surface area contributed by atoms with Crippen LogP contribution in [0.1, 0.15) is 24.2 Å². The van der Waals surface area contributed by atoms with Crippen molar-refractivity contribution in [2.24, 2.45) is 7.05 Å². The molecule has 1 aromatic heterocycles. The number of methoxy groups -OCH3 is 1. The van der Waals surface area contributed by atoms with E-state index in [0.29, 0.717) is 19.3 Å². The number of hydrogen-bond donors (Lipinski definition) is 1. The third-order valence-electron chi connectivity index (χ3n) is 3.31. The molecule has 16 heavy (non-hydrogen) atoms. The van der Waals surface area contributed by atoms with Crippen LogP contribution >= 0.6 is 15.9 Å². The van der Waals surface area contributed by atoms with Gasteiger partial charge >= 0.3 is 0 Å². The molecule has 1 aliphatic carbocycles. The lowest BCUT2D eigenvalue weighted by atomic mass is 9.74. The van der Waals surface area contributed by atoms with Crippen molar-refractivity contribution < 1.29 is 9.84 Å². The van der Waals surface area contributed by atoms with Gasteiger partial charge in [0.15, 0.2) is 0 Å². The molecule has 0 bridgehead atoms. The first-order valence-corrected chi connectivity index (χ1v) is 6.17. The summed E-state index contributed by atoms with van der Waals surface area (Å²) in [6, 6.07) is 0. The maximum absolute atomic E-state index is 10.3. The molecule has 0 unspecified atom stereocenters. The van der Waals surface area contributed by atoms with Gasteiger partial charge in [-0.1, -0.05) is 0 Å². The molecule has 1 aliphatic rings. The third-order valence-corrected chi connectivity index (χ3v) is 4.34. The van der Waals surface area contributed by atoms with Crippen molar-refractivity contribution in [1.82, 2.24) is 9.78 Å². The van der Waals surface area contributed by atoms with Gasteiger partial charge in [-0.25, -0.2) is 0 Å². The van der Waals surface area contributed by atoms with Gasteiger partial charge in [0.1, 0.15) is 0 Å². The SMILES string of the molecule is COC1CC(O)(Cc2c(Br)c(C)nn2C)C1. The van der Waals surface area contributed by atoms with Gasteiger partial charge in [0, 0.05) is 33.4 Å². The van der Waals surface area contributed by atoms with Crippen molar-refractivity contribution in [3.8, 4) is 0 Å². The number of ether oxygens (including phenoxy) is 1. The summed E-state index contributed by atoms with van der Waals surface area (Å²) in [5.41, 5.74) is 1.39. The zero-order chi connectivity index (χ0) is 11.9. The van der Waals surface area contributed by atoms with Crippen molar-refractivity contribution in [2.45, 2.75) is 37.9 Å². The fourth-order valence-electron chi connectivity index (χ4n) is 2.28. The van der Waals surface area contributed by atoms with E-state index in [-0.39, 0.29) is 6.10 Å². The molecule has 0 atom stereocenters. The second-order valence-electron chi connectivity index (χ2n) is 4.64. The molecule has 1 fully saturated rings. The maximum Gasteiger partial charge on any atom is 0.0752 e. The van der Waals surface area contributed by atoms with Crippen LogP contribution in [0.5, 0.6) is 0 Å². The smallest absolute Gasteiger partial charge is 0.0752 e. The molecule has 4 nitrogen and oxygen atoms in total. The molecule has 1 saturated carbocycles. The van der Waals surface area contributed by atoms with Crippen molar-refractivity contribution in [3.63, 3.8) is 0 Å². The standard InChI is InChI=1S/C11H17BrN2O2/c1-7-10(12)9(14(2)13-7)6-11(15)4-8(5-11)16-3/h8,15H,4-6H2,1-3H3. The van der Waals surface area contributed by atoms with Gasteiger partial charge in [-0.15, -0.1) is 0 Å². The summed E-state index contributed by atoms with van der Waals surface area (Å²) < 4.78 is 8.03. The molecular formula is C11H17BrN2O2. The Kier molecular flexibility index (Phi) is 3.11. The van der Waals surface area contributed by atoms with Crippen molar-refractivity contribution in [1.29, 1.82) is 0 Å². The molecule has 0 aliphatic heterocycles. The molecule has 0 saturated heterocycles. The summed E-state index contributed by atoms with van der Waals surface area (Å²) >= 11 is 3.51. The van der Waals surface area contributed by atoms with E-state index < -0.39 is 5.60 Å². The minimum Gasteiger partial charge on any atom is -0.389 e. The number of aliphatic hydroxyl groups is 1. The summed E-state index contributed by atoms with van der Waals surface area (Å²) in [4.78, 5) is 0. The van der Waals surface area contributed by atoms with Crippen LogP contribution in [0.15, 0.2) is 4.47 Å². The topological polar surface area (TPSA) is 47.3 Å². The summed E-state index contributed by atoms with van der Waals surface area (Å²) in [5.74, 6) is 0. The van der Waals surface area contributed by atoms with Crippen LogP contribution in [-0.4, -0.2) is 33.7 Å². The molecule has 90 valence electrons. The Morgan fingerprint density at radius 1 is 1.62 bits per heavy atom. The Balaban J connectivity index is 2.10. The van der Waals surface area contributed by atoms with Gasteiger partial charge in [0.05, 0.1) is 27.6 Å². The van der Waals surface area contributed by atoms with E-state index >= 15 is 0 Å². The zero-order valence-corrected chi connectivity index (χ0v) is 11.4. The molecule has 1 heterocycles. The number of hydrogen-bond acceptors (Lipinski definition) is 3. The molecule has 1 N–H and O–H groups in total. The molecule has 0 spiro atoms. The number of halogens is 1. The summed E-state index contributed by atoms with van der Waals surface area (Å²) in [6.45, 7) is 1.95. The molecule has 0 amide bonds. The highest BCUT2D eigenvalue weighted by atomic mass is 79.9. The average molecular weight is 289 g/mol. The molecule has 2 rings (SSSR count). The molecular weight excluding hydrogens is 272 g/mol. The Morgan fingerprint density at radius 3 is 2.69 bits per heavy atom. The molecule has 0 aromatic carbocycles. The Bertz CT molecular complexity index is 397. The van der Waals surface area contributed by atoms with Crippen molar-refractivity contribution in [2.75, 3.05) is 7.11 Å². The van der Waals surface area contributed by atoms with E-state index in [1.165, 1.54) is 0 Å². The molecule has 0 radical (unpaired) electrons. The van der Waals surface area contributed by atoms with E-state index in [1.807, 2.05) is 18.7 Å². The second kappa shape index (κ2) is 4.13. The Labute approximate surface area is 104 Å². The molecule has 5 heteroatoms. The maximum atomic E-state index is 10.3. The summed E-state index contributed by atoms with van der Waals surface area (Å²) in [6.07, 6.45) is 2.25. The second-order valence-corrected chi connectivity index (χ2v) is 5.43. The monoisotopic (exact) mass is 288 g/mol. The summed E-state index contributed by atoms with van der Waals surface area (Å²) in [5, 5.41) is 14.6. The lowest BCUT2D eigenvalue weighted by molar-refractivity contribution is -0.127. The van der Waals surface area contributed by atoms with Gasteiger partial charge in [-0.3, -0.25) is 4.68 Å². The molecule has 1 aromatic rings. The van der Waals surface area contributed by atoms with Gasteiger partial charge < -0.3 is 9.84 Å². The predicted octanol–water partition coefficient (Wildman–Crippen LogP) is 1.57. The van der Waals surface area contributed by atoms with Gasteiger partial charge in [-0.05, 0) is 22.9 Å². The van der Waals surface area contributed by atoms with Crippen LogP contribution in [0.4, 0.5) is 0 Å². The van der Waals surface area contributed by atoms with Crippen LogP contribution < -0.4 is 0 Å². The highest BCUT2D eigenvalue weighted by Crippen LogP contribution is 2.38. The predicted molar refractivity (Wildman–Crippen MR) is 64.3 cm³/mol. The van der Waals surface area contributed by atoms with E-state index in [9.17, 15) is 5.11 Å². The van der Waals surface area contributed by atoms with E-state index in [2.05, 4.69) is 21.0 Å². The van der Waals surface area contributed by atoms with Crippen LogP contribution in [0.2, 0.25) is 0 Å². The van der Waals surface area contributed by atoms with Crippen LogP contribution in [0.3, 0.4) is 0 Å². The normalized spacial score (nSPS) is 29.2. The van der Waals surface area contributed by atoms with Gasteiger partial charge in [0.2, 0.25) is 0 Å². The number of aryl methyl sites for hydroxylation is 2. The quantitative estimate of drug-likeness (QED) is 0.919. The fraction of sp³-hybridized carbons (Fsp3) is 0.727. The van der Waals surface area contributed by atoms with E-state index in [1.54, 1.807) is 7.11 Å². The van der Waals surface area contributed by atoms with Gasteiger partial charge in [0.25, 0.3) is 0 Å². The van der Waals surface area contributed by atoms with Crippen molar-refractivity contribution in [3.05, 3.63) is 15.9 Å². The van der Waals surface area contributed by atoms with Gasteiger partial charge in [-0.2, -0.15) is 5.10 Å². The zero-order valence-electron chi connectivity index (χ0n) is 9.83. The summed E-state index contributed by atoms with van der Waals surface area (Å²) in [7, 11) is 3.59. The van der Waals surface area contributed by atoms with Crippen LogP contribution in [0, 0.1) is 6.92 Å². The largest absolute Gasteiger partial charge is 0.389 e. The lowest BCUT2D eigenvalue weighted by Crippen LogP contribution is -2.49. The highest BCUT2D eigenvalue weighted by molar-refractivity contribution is 9.10. The third kappa shape index (κ3) is 2.04. The number of aromatic nitrogens is 2. The minimum atomic E-state index is -0.622. The van der Waals surface area contributed by atoms with Crippen molar-refractivity contribution >= 4 is 15.9 Å². The number of rotatable bonds is 3. The first-order chi connectivity index (χ1) is 7.45. The average Bonchev–Trinajstić information content (AvgIpc) is 2.41. The van der Waals surface area contributed by atoms with Crippen LogP contribution in [0.25, 0.3) is 0 Å². The first-order valence-electron chi connectivity index (χ1n) is 5.38. The first kappa shape index (κ1) is 12.1. The number of nitrogens with zero attached hydrogens (tertiary/aromatic N) is 2. The fourth-order valence-corrected chi connectivity index (χ4v) is 2.76. The van der Waals surface area contributed by atoms with E-state index in [4.69, 9.17) is 4.74 Å². The highest BCUT2D eigenvalue weighted by Gasteiger charge is 2.43. The Morgan fingerprint density at radius 2 is 2.25 bits per heavy atom.